The summed E-state index contributed by atoms with van der Waals surface area (Å²) in [4.78, 5) is 22.7. The van der Waals surface area contributed by atoms with Crippen molar-refractivity contribution in [3.8, 4) is 0 Å². The maximum atomic E-state index is 12.7. The summed E-state index contributed by atoms with van der Waals surface area (Å²) in [7, 11) is 0. The van der Waals surface area contributed by atoms with E-state index in [4.69, 9.17) is 9.72 Å². The standard InChI is InChI=1S/C17H21N3O2/c1-11-6-7-12-13(10-11)19-16(18-12)14-4-2-8-20(14)17(21)15-5-3-9-22-15/h6-7,10,14-15H,2-5,8-9H2,1H3,(H,18,19). The molecule has 22 heavy (non-hydrogen) atoms. The number of aromatic amines is 1. The number of carbonyl (C=O) groups excluding carboxylic acids is 1. The van der Waals surface area contributed by atoms with Crippen molar-refractivity contribution in [2.45, 2.75) is 44.8 Å². The Bertz CT molecular complexity index is 703. The fraction of sp³-hybridized carbons (Fsp3) is 0.529. The van der Waals surface area contributed by atoms with E-state index in [0.29, 0.717) is 6.61 Å². The molecule has 4 rings (SSSR count). The van der Waals surface area contributed by atoms with Crippen LogP contribution in [0.2, 0.25) is 0 Å². The third-order valence-electron chi connectivity index (χ3n) is 4.71. The molecular formula is C17H21N3O2. The Morgan fingerprint density at radius 1 is 1.36 bits per heavy atom. The van der Waals surface area contributed by atoms with Crippen LogP contribution in [0, 0.1) is 6.92 Å². The molecule has 0 bridgehead atoms. The summed E-state index contributed by atoms with van der Waals surface area (Å²) in [5.41, 5.74) is 3.23. The van der Waals surface area contributed by atoms with Gasteiger partial charge in [0.1, 0.15) is 11.9 Å². The molecule has 5 nitrogen and oxygen atoms in total. The molecule has 2 aromatic rings. The van der Waals surface area contributed by atoms with Crippen LogP contribution in [0.25, 0.3) is 11.0 Å². The summed E-state index contributed by atoms with van der Waals surface area (Å²) in [6, 6.07) is 6.26. The number of hydrogen-bond donors (Lipinski definition) is 1. The molecule has 1 aromatic carbocycles. The van der Waals surface area contributed by atoms with Gasteiger partial charge in [-0.15, -0.1) is 0 Å². The quantitative estimate of drug-likeness (QED) is 0.927. The maximum Gasteiger partial charge on any atom is 0.252 e. The van der Waals surface area contributed by atoms with E-state index < -0.39 is 0 Å². The number of likely N-dealkylation sites (tertiary alicyclic amines) is 1. The first-order valence-electron chi connectivity index (χ1n) is 8.11. The number of ether oxygens (including phenoxy) is 1. The first-order chi connectivity index (χ1) is 10.7. The number of carbonyl (C=O) groups is 1. The van der Waals surface area contributed by atoms with E-state index in [1.54, 1.807) is 0 Å². The van der Waals surface area contributed by atoms with E-state index in [1.807, 2.05) is 11.0 Å². The summed E-state index contributed by atoms with van der Waals surface area (Å²) in [5.74, 6) is 1.04. The molecule has 5 heteroatoms. The molecule has 0 spiro atoms. The van der Waals surface area contributed by atoms with Gasteiger partial charge in [-0.3, -0.25) is 4.79 Å². The second kappa shape index (κ2) is 5.39. The monoisotopic (exact) mass is 299 g/mol. The van der Waals surface area contributed by atoms with Gasteiger partial charge in [-0.25, -0.2) is 4.98 Å². The van der Waals surface area contributed by atoms with Gasteiger partial charge in [-0.1, -0.05) is 6.07 Å². The van der Waals surface area contributed by atoms with E-state index in [1.165, 1.54) is 5.56 Å². The number of imidazole rings is 1. The van der Waals surface area contributed by atoms with Crippen molar-refractivity contribution in [1.29, 1.82) is 0 Å². The number of benzene rings is 1. The molecular weight excluding hydrogens is 278 g/mol. The molecule has 2 fully saturated rings. The predicted molar refractivity (Wildman–Crippen MR) is 83.5 cm³/mol. The normalized spacial score (nSPS) is 25.2. The highest BCUT2D eigenvalue weighted by Crippen LogP contribution is 2.33. The SMILES string of the molecule is Cc1ccc2nc(C3CCCN3C(=O)C3CCCO3)[nH]c2c1. The van der Waals surface area contributed by atoms with E-state index in [0.717, 1.165) is 49.1 Å². The molecule has 2 aliphatic heterocycles. The Morgan fingerprint density at radius 3 is 3.09 bits per heavy atom. The summed E-state index contributed by atoms with van der Waals surface area (Å²) in [5, 5.41) is 0. The number of rotatable bonds is 2. The highest BCUT2D eigenvalue weighted by Gasteiger charge is 2.37. The lowest BCUT2D eigenvalue weighted by Crippen LogP contribution is -2.38. The van der Waals surface area contributed by atoms with Crippen LogP contribution < -0.4 is 0 Å². The highest BCUT2D eigenvalue weighted by atomic mass is 16.5. The predicted octanol–water partition coefficient (Wildman–Crippen LogP) is 2.71. The van der Waals surface area contributed by atoms with E-state index in [-0.39, 0.29) is 18.1 Å². The Labute approximate surface area is 129 Å². The molecule has 0 aliphatic carbocycles. The van der Waals surface area contributed by atoms with Gasteiger partial charge in [0.2, 0.25) is 0 Å². The number of fused-ring (bicyclic) bond motifs is 1. The van der Waals surface area contributed by atoms with Crippen LogP contribution in [0.5, 0.6) is 0 Å². The van der Waals surface area contributed by atoms with Crippen LogP contribution in [-0.4, -0.2) is 40.0 Å². The zero-order chi connectivity index (χ0) is 15.1. The van der Waals surface area contributed by atoms with Gasteiger partial charge in [0.25, 0.3) is 5.91 Å². The highest BCUT2D eigenvalue weighted by molar-refractivity contribution is 5.82. The Morgan fingerprint density at radius 2 is 2.27 bits per heavy atom. The van der Waals surface area contributed by atoms with Crippen molar-refractivity contribution in [3.63, 3.8) is 0 Å². The van der Waals surface area contributed by atoms with Gasteiger partial charge in [0.15, 0.2) is 0 Å². The second-order valence-electron chi connectivity index (χ2n) is 6.33. The number of nitrogens with zero attached hydrogens (tertiary/aromatic N) is 2. The molecule has 2 saturated heterocycles. The fourth-order valence-electron chi connectivity index (χ4n) is 3.57. The Kier molecular flexibility index (Phi) is 3.37. The molecule has 1 amide bonds. The second-order valence-corrected chi connectivity index (χ2v) is 6.33. The van der Waals surface area contributed by atoms with E-state index >= 15 is 0 Å². The van der Waals surface area contributed by atoms with Gasteiger partial charge in [0, 0.05) is 13.2 Å². The lowest BCUT2D eigenvalue weighted by molar-refractivity contribution is -0.142. The van der Waals surface area contributed by atoms with E-state index in [9.17, 15) is 4.79 Å². The minimum absolute atomic E-state index is 0.0596. The summed E-state index contributed by atoms with van der Waals surface area (Å²) >= 11 is 0. The molecule has 1 N–H and O–H groups in total. The van der Waals surface area contributed by atoms with Crippen LogP contribution in [0.4, 0.5) is 0 Å². The van der Waals surface area contributed by atoms with Gasteiger partial charge >= 0.3 is 0 Å². The van der Waals surface area contributed by atoms with Crippen molar-refractivity contribution in [1.82, 2.24) is 14.9 Å². The number of aromatic nitrogens is 2. The third kappa shape index (κ3) is 2.29. The van der Waals surface area contributed by atoms with Crippen molar-refractivity contribution in [2.24, 2.45) is 0 Å². The zero-order valence-corrected chi connectivity index (χ0v) is 12.8. The molecule has 3 heterocycles. The van der Waals surface area contributed by atoms with Crippen LogP contribution in [0.3, 0.4) is 0 Å². The van der Waals surface area contributed by atoms with Crippen LogP contribution in [-0.2, 0) is 9.53 Å². The first-order valence-corrected chi connectivity index (χ1v) is 8.11. The molecule has 0 radical (unpaired) electrons. The third-order valence-corrected chi connectivity index (χ3v) is 4.71. The number of amides is 1. The summed E-state index contributed by atoms with van der Waals surface area (Å²) in [6.45, 7) is 3.58. The summed E-state index contributed by atoms with van der Waals surface area (Å²) < 4.78 is 5.56. The fourth-order valence-corrected chi connectivity index (χ4v) is 3.57. The largest absolute Gasteiger partial charge is 0.368 e. The average molecular weight is 299 g/mol. The topological polar surface area (TPSA) is 58.2 Å². The zero-order valence-electron chi connectivity index (χ0n) is 12.8. The van der Waals surface area contributed by atoms with Crippen LogP contribution in [0.15, 0.2) is 18.2 Å². The van der Waals surface area contributed by atoms with E-state index in [2.05, 4.69) is 24.0 Å². The van der Waals surface area contributed by atoms with Crippen molar-refractivity contribution < 1.29 is 9.53 Å². The molecule has 0 saturated carbocycles. The molecule has 1 aromatic heterocycles. The molecule has 2 atom stereocenters. The van der Waals surface area contributed by atoms with Gasteiger partial charge in [0.05, 0.1) is 17.1 Å². The molecule has 116 valence electrons. The maximum absolute atomic E-state index is 12.7. The van der Waals surface area contributed by atoms with Gasteiger partial charge in [-0.2, -0.15) is 0 Å². The number of nitrogens with one attached hydrogen (secondary N) is 1. The smallest absolute Gasteiger partial charge is 0.252 e. The van der Waals surface area contributed by atoms with Gasteiger partial charge in [-0.05, 0) is 50.3 Å². The molecule has 2 unspecified atom stereocenters. The number of hydrogen-bond acceptors (Lipinski definition) is 3. The number of aryl methyl sites for hydroxylation is 1. The van der Waals surface area contributed by atoms with Crippen molar-refractivity contribution in [3.05, 3.63) is 29.6 Å². The van der Waals surface area contributed by atoms with Crippen LogP contribution in [0.1, 0.15) is 43.1 Å². The van der Waals surface area contributed by atoms with Gasteiger partial charge < -0.3 is 14.6 Å². The Hall–Kier alpha value is -1.88. The average Bonchev–Trinajstić information content (AvgIpc) is 3.24. The Balaban J connectivity index is 1.62. The number of H-pyrrole nitrogens is 1. The lowest BCUT2D eigenvalue weighted by Gasteiger charge is -2.25. The first kappa shape index (κ1) is 13.8. The summed E-state index contributed by atoms with van der Waals surface area (Å²) in [6.07, 6.45) is 3.59. The van der Waals surface area contributed by atoms with Crippen molar-refractivity contribution in [2.75, 3.05) is 13.2 Å². The lowest BCUT2D eigenvalue weighted by atomic mass is 10.1. The minimum Gasteiger partial charge on any atom is -0.368 e. The molecule has 2 aliphatic rings. The minimum atomic E-state index is -0.243. The van der Waals surface area contributed by atoms with Crippen LogP contribution >= 0.6 is 0 Å². The van der Waals surface area contributed by atoms with Crippen molar-refractivity contribution >= 4 is 16.9 Å².